The Morgan fingerprint density at radius 2 is 1.67 bits per heavy atom. The van der Waals surface area contributed by atoms with Crippen LogP contribution in [0.3, 0.4) is 0 Å². The second kappa shape index (κ2) is 6.00. The van der Waals surface area contributed by atoms with Crippen LogP contribution in [0.5, 0.6) is 0 Å². The van der Waals surface area contributed by atoms with Crippen LogP contribution in [0.15, 0.2) is 41.3 Å². The van der Waals surface area contributed by atoms with Gasteiger partial charge in [0.05, 0.1) is 10.6 Å². The van der Waals surface area contributed by atoms with Crippen molar-refractivity contribution in [3.05, 3.63) is 64.2 Å². The third-order valence-electron chi connectivity index (χ3n) is 3.67. The van der Waals surface area contributed by atoms with Gasteiger partial charge < -0.3 is 5.73 Å². The first-order chi connectivity index (χ1) is 9.83. The molecule has 4 heteroatoms. The van der Waals surface area contributed by atoms with Gasteiger partial charge in [0, 0.05) is 6.54 Å². The van der Waals surface area contributed by atoms with Crippen LogP contribution in [0.2, 0.25) is 0 Å². The highest BCUT2D eigenvalue weighted by molar-refractivity contribution is 7.90. The van der Waals surface area contributed by atoms with Gasteiger partial charge in [-0.25, -0.2) is 8.42 Å². The lowest BCUT2D eigenvalue weighted by molar-refractivity contribution is 0.594. The number of hydrogen-bond donors (Lipinski definition) is 1. The van der Waals surface area contributed by atoms with E-state index >= 15 is 0 Å². The van der Waals surface area contributed by atoms with Crippen molar-refractivity contribution < 1.29 is 8.42 Å². The van der Waals surface area contributed by atoms with Gasteiger partial charge in [-0.2, -0.15) is 0 Å². The zero-order valence-electron chi connectivity index (χ0n) is 12.7. The topological polar surface area (TPSA) is 60.2 Å². The molecular weight excluding hydrogens is 282 g/mol. The summed E-state index contributed by atoms with van der Waals surface area (Å²) in [5, 5.41) is 0. The fourth-order valence-corrected chi connectivity index (χ4v) is 4.18. The molecular formula is C17H21NO2S. The second-order valence-corrected chi connectivity index (χ2v) is 7.45. The largest absolute Gasteiger partial charge is 0.326 e. The molecule has 2 rings (SSSR count). The molecule has 2 aromatic carbocycles. The molecule has 0 heterocycles. The Labute approximate surface area is 126 Å². The van der Waals surface area contributed by atoms with E-state index in [1.165, 1.54) is 0 Å². The van der Waals surface area contributed by atoms with E-state index in [1.54, 1.807) is 6.07 Å². The van der Waals surface area contributed by atoms with Crippen molar-refractivity contribution in [3.8, 4) is 0 Å². The van der Waals surface area contributed by atoms with E-state index in [-0.39, 0.29) is 5.75 Å². The Kier molecular flexibility index (Phi) is 4.49. The maximum absolute atomic E-state index is 12.7. The summed E-state index contributed by atoms with van der Waals surface area (Å²) < 4.78 is 25.3. The standard InChI is InChI=1S/C17H21NO2S/c1-12-4-5-13(2)17(8-12)21(19,20)11-16-7-6-15(10-18)9-14(16)3/h4-9H,10-11,18H2,1-3H3. The lowest BCUT2D eigenvalue weighted by atomic mass is 10.1. The van der Waals surface area contributed by atoms with E-state index in [4.69, 9.17) is 5.73 Å². The molecule has 2 N–H and O–H groups in total. The summed E-state index contributed by atoms with van der Waals surface area (Å²) in [6.07, 6.45) is 0. The molecule has 2 aromatic rings. The van der Waals surface area contributed by atoms with E-state index in [1.807, 2.05) is 51.1 Å². The first kappa shape index (κ1) is 15.7. The fourth-order valence-electron chi connectivity index (χ4n) is 2.37. The fraction of sp³-hybridized carbons (Fsp3) is 0.294. The summed E-state index contributed by atoms with van der Waals surface area (Å²) in [7, 11) is -3.34. The molecule has 0 aliphatic rings. The van der Waals surface area contributed by atoms with Crippen molar-refractivity contribution >= 4 is 9.84 Å². The summed E-state index contributed by atoms with van der Waals surface area (Å²) in [4.78, 5) is 0.421. The number of benzene rings is 2. The maximum Gasteiger partial charge on any atom is 0.182 e. The zero-order chi connectivity index (χ0) is 15.6. The number of nitrogens with two attached hydrogens (primary N) is 1. The van der Waals surface area contributed by atoms with Gasteiger partial charge in [0.25, 0.3) is 0 Å². The van der Waals surface area contributed by atoms with Gasteiger partial charge in [0.2, 0.25) is 0 Å². The molecule has 0 amide bonds. The SMILES string of the molecule is Cc1ccc(C)c(S(=O)(=O)Cc2ccc(CN)cc2C)c1. The van der Waals surface area contributed by atoms with Crippen LogP contribution in [0.1, 0.15) is 27.8 Å². The molecule has 0 aliphatic carbocycles. The first-order valence-corrected chi connectivity index (χ1v) is 8.57. The van der Waals surface area contributed by atoms with Crippen LogP contribution >= 0.6 is 0 Å². The molecule has 0 atom stereocenters. The molecule has 0 aromatic heterocycles. The first-order valence-electron chi connectivity index (χ1n) is 6.92. The predicted molar refractivity (Wildman–Crippen MR) is 85.9 cm³/mol. The third-order valence-corrected chi connectivity index (χ3v) is 5.47. The van der Waals surface area contributed by atoms with Crippen LogP contribution in [0, 0.1) is 20.8 Å². The van der Waals surface area contributed by atoms with Gasteiger partial charge in [0.1, 0.15) is 0 Å². The summed E-state index contributed by atoms with van der Waals surface area (Å²) in [6, 6.07) is 11.2. The highest BCUT2D eigenvalue weighted by Gasteiger charge is 2.19. The Hall–Kier alpha value is -1.65. The van der Waals surface area contributed by atoms with Crippen molar-refractivity contribution in [1.82, 2.24) is 0 Å². The Morgan fingerprint density at radius 1 is 0.952 bits per heavy atom. The van der Waals surface area contributed by atoms with E-state index in [0.717, 1.165) is 27.8 Å². The smallest absolute Gasteiger partial charge is 0.182 e. The maximum atomic E-state index is 12.7. The molecule has 3 nitrogen and oxygen atoms in total. The van der Waals surface area contributed by atoms with Crippen LogP contribution in [0.25, 0.3) is 0 Å². The van der Waals surface area contributed by atoms with E-state index in [9.17, 15) is 8.42 Å². The summed E-state index contributed by atoms with van der Waals surface area (Å²) in [5.74, 6) is 0.0218. The second-order valence-electron chi connectivity index (χ2n) is 5.49. The molecule has 21 heavy (non-hydrogen) atoms. The number of hydrogen-bond acceptors (Lipinski definition) is 3. The van der Waals surface area contributed by atoms with Crippen LogP contribution in [0.4, 0.5) is 0 Å². The minimum atomic E-state index is -3.34. The Morgan fingerprint density at radius 3 is 2.29 bits per heavy atom. The van der Waals surface area contributed by atoms with Crippen molar-refractivity contribution in [1.29, 1.82) is 0 Å². The Bertz CT molecular complexity index is 764. The average Bonchev–Trinajstić information content (AvgIpc) is 2.43. The predicted octanol–water partition coefficient (Wildman–Crippen LogP) is 3.04. The summed E-state index contributed by atoms with van der Waals surface area (Å²) in [6.45, 7) is 6.12. The number of sulfone groups is 1. The summed E-state index contributed by atoms with van der Waals surface area (Å²) >= 11 is 0. The average molecular weight is 303 g/mol. The summed E-state index contributed by atoms with van der Waals surface area (Å²) in [5.41, 5.74) is 10.2. The molecule has 0 aliphatic heterocycles. The van der Waals surface area contributed by atoms with Crippen molar-refractivity contribution in [2.24, 2.45) is 5.73 Å². The molecule has 0 bridgehead atoms. The highest BCUT2D eigenvalue weighted by Crippen LogP contribution is 2.23. The molecule has 0 saturated heterocycles. The third kappa shape index (κ3) is 3.52. The monoisotopic (exact) mass is 303 g/mol. The van der Waals surface area contributed by atoms with E-state index < -0.39 is 9.84 Å². The van der Waals surface area contributed by atoms with Crippen LogP contribution in [-0.2, 0) is 22.1 Å². The van der Waals surface area contributed by atoms with Gasteiger partial charge in [0.15, 0.2) is 9.84 Å². The van der Waals surface area contributed by atoms with Gasteiger partial charge in [-0.3, -0.25) is 0 Å². The molecule has 0 fully saturated rings. The zero-order valence-corrected chi connectivity index (χ0v) is 13.5. The van der Waals surface area contributed by atoms with E-state index in [2.05, 4.69) is 0 Å². The van der Waals surface area contributed by atoms with Crippen molar-refractivity contribution in [2.45, 2.75) is 38.0 Å². The lowest BCUT2D eigenvalue weighted by Gasteiger charge is -2.11. The van der Waals surface area contributed by atoms with Crippen molar-refractivity contribution in [2.75, 3.05) is 0 Å². The highest BCUT2D eigenvalue weighted by atomic mass is 32.2. The lowest BCUT2D eigenvalue weighted by Crippen LogP contribution is -2.09. The molecule has 0 radical (unpaired) electrons. The van der Waals surface area contributed by atoms with Crippen LogP contribution < -0.4 is 5.73 Å². The van der Waals surface area contributed by atoms with Gasteiger partial charge >= 0.3 is 0 Å². The van der Waals surface area contributed by atoms with Gasteiger partial charge in [-0.1, -0.05) is 30.3 Å². The van der Waals surface area contributed by atoms with E-state index in [0.29, 0.717) is 11.4 Å². The molecule has 0 spiro atoms. The van der Waals surface area contributed by atoms with Crippen molar-refractivity contribution in [3.63, 3.8) is 0 Å². The van der Waals surface area contributed by atoms with Gasteiger partial charge in [-0.15, -0.1) is 0 Å². The molecule has 112 valence electrons. The Balaban J connectivity index is 2.40. The quantitative estimate of drug-likeness (QED) is 0.944. The number of aryl methyl sites for hydroxylation is 3. The molecule has 0 unspecified atom stereocenters. The number of rotatable bonds is 4. The minimum Gasteiger partial charge on any atom is -0.326 e. The van der Waals surface area contributed by atoms with Gasteiger partial charge in [-0.05, 0) is 54.7 Å². The normalized spacial score (nSPS) is 11.6. The molecule has 0 saturated carbocycles. The minimum absolute atomic E-state index is 0.0218. The van der Waals surface area contributed by atoms with Crippen LogP contribution in [-0.4, -0.2) is 8.42 Å².